The SMILES string of the molecule is [C-]#[N+]c1ccc2ncn(C[C@]3(C)C[C@@]4(CCC3=O)CC(c3cnc(C(C)(C)O)cn3)C(=O)O4)c2c1. The lowest BCUT2D eigenvalue weighted by Crippen LogP contribution is -2.47. The number of carbonyl (C=O) groups excluding carboxylic acids is 2. The number of hydrogen-bond donors (Lipinski definition) is 1. The summed E-state index contributed by atoms with van der Waals surface area (Å²) >= 11 is 0. The summed E-state index contributed by atoms with van der Waals surface area (Å²) < 4.78 is 7.88. The summed E-state index contributed by atoms with van der Waals surface area (Å²) in [4.78, 5) is 42.7. The third kappa shape index (κ3) is 4.08. The number of rotatable bonds is 4. The van der Waals surface area contributed by atoms with Gasteiger partial charge in [0, 0.05) is 37.4 Å². The van der Waals surface area contributed by atoms with Crippen molar-refractivity contribution in [3.8, 4) is 0 Å². The minimum Gasteiger partial charge on any atom is -0.458 e. The predicted octanol–water partition coefficient (Wildman–Crippen LogP) is 3.83. The standard InChI is InChI=1S/C26H27N5O4/c1-24(2,34)21-12-28-19(11-29-21)17-10-26(35-23(17)33)8-7-22(32)25(3,13-26)14-31-15-30-18-6-5-16(27-4)9-20(18)31/h5-6,9,11-12,15,17,34H,7-8,10,13-14H2,1-3H3/t17?,25-,26+/m0/s1. The third-order valence-corrected chi connectivity index (χ3v) is 7.28. The van der Waals surface area contributed by atoms with Crippen LogP contribution in [0.5, 0.6) is 0 Å². The molecule has 3 aromatic rings. The fraction of sp³-hybridized carbons (Fsp3) is 0.462. The Balaban J connectivity index is 1.40. The van der Waals surface area contributed by atoms with Gasteiger partial charge in [-0.15, -0.1) is 0 Å². The Morgan fingerprint density at radius 1 is 1.26 bits per heavy atom. The van der Waals surface area contributed by atoms with Crippen LogP contribution in [0.1, 0.15) is 63.8 Å². The number of fused-ring (bicyclic) bond motifs is 1. The average Bonchev–Trinajstić information content (AvgIpc) is 3.36. The van der Waals surface area contributed by atoms with Crippen LogP contribution in [0, 0.1) is 12.0 Å². The topological polar surface area (TPSA) is 112 Å². The van der Waals surface area contributed by atoms with Gasteiger partial charge in [-0.05, 0) is 32.4 Å². The zero-order chi connectivity index (χ0) is 25.0. The maximum absolute atomic E-state index is 13.1. The predicted molar refractivity (Wildman–Crippen MR) is 126 cm³/mol. The van der Waals surface area contributed by atoms with E-state index in [1.807, 2.05) is 11.5 Å². The van der Waals surface area contributed by atoms with Crippen molar-refractivity contribution in [3.05, 3.63) is 59.7 Å². The van der Waals surface area contributed by atoms with Crippen LogP contribution in [0.25, 0.3) is 15.9 Å². The average molecular weight is 474 g/mol. The fourth-order valence-corrected chi connectivity index (χ4v) is 5.40. The molecule has 3 atom stereocenters. The van der Waals surface area contributed by atoms with Crippen LogP contribution in [0.3, 0.4) is 0 Å². The van der Waals surface area contributed by atoms with Crippen molar-refractivity contribution < 1.29 is 19.4 Å². The lowest BCUT2D eigenvalue weighted by Gasteiger charge is -2.42. The second kappa shape index (κ2) is 7.95. The van der Waals surface area contributed by atoms with Crippen molar-refractivity contribution in [3.63, 3.8) is 0 Å². The van der Waals surface area contributed by atoms with E-state index in [-0.39, 0.29) is 11.8 Å². The molecule has 1 saturated heterocycles. The van der Waals surface area contributed by atoms with E-state index in [1.54, 1.807) is 38.4 Å². The lowest BCUT2D eigenvalue weighted by atomic mass is 9.66. The molecule has 0 amide bonds. The molecule has 180 valence electrons. The summed E-state index contributed by atoms with van der Waals surface area (Å²) in [7, 11) is 0. The number of aliphatic hydroxyl groups is 1. The first-order valence-corrected chi connectivity index (χ1v) is 11.7. The summed E-state index contributed by atoms with van der Waals surface area (Å²) in [5.74, 6) is -0.798. The van der Waals surface area contributed by atoms with Gasteiger partial charge in [0.2, 0.25) is 0 Å². The highest BCUT2D eigenvalue weighted by Crippen LogP contribution is 2.50. The van der Waals surface area contributed by atoms with Gasteiger partial charge in [0.25, 0.3) is 0 Å². The molecule has 5 rings (SSSR count). The number of hydrogen-bond acceptors (Lipinski definition) is 7. The summed E-state index contributed by atoms with van der Waals surface area (Å²) in [6, 6.07) is 5.31. The molecule has 1 spiro atoms. The summed E-state index contributed by atoms with van der Waals surface area (Å²) in [6.07, 6.45) is 6.34. The number of ether oxygens (including phenoxy) is 1. The molecule has 1 aliphatic carbocycles. The molecule has 3 heterocycles. The maximum Gasteiger partial charge on any atom is 0.315 e. The van der Waals surface area contributed by atoms with E-state index in [1.165, 1.54) is 12.4 Å². The molecule has 1 aromatic carbocycles. The van der Waals surface area contributed by atoms with Crippen molar-refractivity contribution >= 4 is 28.5 Å². The Bertz CT molecular complexity index is 1370. The van der Waals surface area contributed by atoms with Gasteiger partial charge in [0.05, 0.1) is 41.5 Å². The molecule has 1 unspecified atom stereocenters. The molecular formula is C26H27N5O4. The van der Waals surface area contributed by atoms with E-state index in [4.69, 9.17) is 11.3 Å². The first-order chi connectivity index (χ1) is 16.5. The molecule has 9 heteroatoms. The van der Waals surface area contributed by atoms with Crippen molar-refractivity contribution in [2.75, 3.05) is 0 Å². The Morgan fingerprint density at radius 2 is 2.06 bits per heavy atom. The van der Waals surface area contributed by atoms with Crippen LogP contribution in [0.2, 0.25) is 0 Å². The second-order valence-electron chi connectivity index (χ2n) is 10.6. The van der Waals surface area contributed by atoms with Crippen molar-refractivity contribution in [2.45, 2.75) is 70.1 Å². The first-order valence-electron chi connectivity index (χ1n) is 11.7. The Morgan fingerprint density at radius 3 is 2.74 bits per heavy atom. The Labute approximate surface area is 203 Å². The molecule has 2 aliphatic rings. The van der Waals surface area contributed by atoms with E-state index in [9.17, 15) is 14.7 Å². The minimum absolute atomic E-state index is 0.125. The normalized spacial score (nSPS) is 26.8. The van der Waals surface area contributed by atoms with Crippen LogP contribution in [0.4, 0.5) is 5.69 Å². The highest BCUT2D eigenvalue weighted by Gasteiger charge is 2.55. The molecule has 1 N–H and O–H groups in total. The van der Waals surface area contributed by atoms with E-state index in [0.717, 1.165) is 11.0 Å². The molecule has 35 heavy (non-hydrogen) atoms. The van der Waals surface area contributed by atoms with E-state index in [2.05, 4.69) is 19.8 Å². The smallest absolute Gasteiger partial charge is 0.315 e. The quantitative estimate of drug-likeness (QED) is 0.453. The molecule has 0 bridgehead atoms. The summed E-state index contributed by atoms with van der Waals surface area (Å²) in [5.41, 5.74) is 0.375. The van der Waals surface area contributed by atoms with Crippen LogP contribution >= 0.6 is 0 Å². The summed E-state index contributed by atoms with van der Waals surface area (Å²) in [5, 5.41) is 10.1. The number of carbonyl (C=O) groups is 2. The molecule has 0 radical (unpaired) electrons. The Kier molecular flexibility index (Phi) is 5.25. The van der Waals surface area contributed by atoms with Gasteiger partial charge in [-0.3, -0.25) is 19.6 Å². The zero-order valence-corrected chi connectivity index (χ0v) is 20.0. The molecule has 9 nitrogen and oxygen atoms in total. The first kappa shape index (κ1) is 23.1. The van der Waals surface area contributed by atoms with Gasteiger partial charge in [-0.25, -0.2) is 9.83 Å². The summed E-state index contributed by atoms with van der Waals surface area (Å²) in [6.45, 7) is 12.8. The van der Waals surface area contributed by atoms with Crippen LogP contribution in [-0.2, 0) is 26.5 Å². The van der Waals surface area contributed by atoms with E-state index in [0.29, 0.717) is 49.3 Å². The second-order valence-corrected chi connectivity index (χ2v) is 10.6. The highest BCUT2D eigenvalue weighted by molar-refractivity contribution is 5.87. The van der Waals surface area contributed by atoms with Gasteiger partial charge >= 0.3 is 5.97 Å². The van der Waals surface area contributed by atoms with Crippen molar-refractivity contribution in [1.29, 1.82) is 0 Å². The number of imidazole rings is 1. The van der Waals surface area contributed by atoms with Crippen molar-refractivity contribution in [1.82, 2.24) is 19.5 Å². The number of nitrogens with zero attached hydrogens (tertiary/aromatic N) is 5. The lowest BCUT2D eigenvalue weighted by molar-refractivity contribution is -0.160. The van der Waals surface area contributed by atoms with Gasteiger partial charge in [0.1, 0.15) is 22.9 Å². The number of Topliss-reactive ketones (excluding diaryl/α,β-unsaturated/α-hetero) is 1. The molecule has 1 aliphatic heterocycles. The number of esters is 1. The largest absolute Gasteiger partial charge is 0.458 e. The molecular weight excluding hydrogens is 446 g/mol. The van der Waals surface area contributed by atoms with Crippen LogP contribution in [-0.4, -0.2) is 42.0 Å². The highest BCUT2D eigenvalue weighted by atomic mass is 16.6. The zero-order valence-electron chi connectivity index (χ0n) is 20.0. The third-order valence-electron chi connectivity index (χ3n) is 7.28. The van der Waals surface area contributed by atoms with Gasteiger partial charge in [-0.2, -0.15) is 0 Å². The van der Waals surface area contributed by atoms with E-state index >= 15 is 0 Å². The number of ketones is 1. The van der Waals surface area contributed by atoms with Crippen LogP contribution < -0.4 is 0 Å². The van der Waals surface area contributed by atoms with Gasteiger partial charge in [0.15, 0.2) is 5.69 Å². The fourth-order valence-electron chi connectivity index (χ4n) is 5.40. The molecule has 1 saturated carbocycles. The molecule has 2 fully saturated rings. The van der Waals surface area contributed by atoms with Gasteiger partial charge < -0.3 is 14.4 Å². The number of benzene rings is 1. The number of aromatic nitrogens is 4. The maximum atomic E-state index is 13.1. The Hall–Kier alpha value is -3.64. The van der Waals surface area contributed by atoms with Crippen LogP contribution in [0.15, 0.2) is 36.9 Å². The monoisotopic (exact) mass is 473 g/mol. The van der Waals surface area contributed by atoms with E-state index < -0.39 is 22.5 Å². The minimum atomic E-state index is -1.12. The molecule has 2 aromatic heterocycles. The van der Waals surface area contributed by atoms with Crippen molar-refractivity contribution in [2.24, 2.45) is 5.41 Å². The van der Waals surface area contributed by atoms with Gasteiger partial charge in [-0.1, -0.05) is 13.0 Å².